The molecule has 0 amide bonds. The minimum atomic E-state index is 0.0707. The molecule has 15 heavy (non-hydrogen) atoms. The summed E-state index contributed by atoms with van der Waals surface area (Å²) in [5.74, 6) is 0. The van der Waals surface area contributed by atoms with Crippen LogP contribution in [-0.4, -0.2) is 10.2 Å². The second-order valence-corrected chi connectivity index (χ2v) is 3.28. The van der Waals surface area contributed by atoms with Gasteiger partial charge in [0.1, 0.15) is 0 Å². The predicted molar refractivity (Wildman–Crippen MR) is 57.2 cm³/mol. The molecule has 0 aliphatic rings. The van der Waals surface area contributed by atoms with Crippen molar-refractivity contribution < 1.29 is 4.42 Å². The van der Waals surface area contributed by atoms with Crippen LogP contribution in [0.5, 0.6) is 0 Å². The third-order valence-electron chi connectivity index (χ3n) is 2.00. The first-order valence-electron chi connectivity index (χ1n) is 4.62. The zero-order valence-electron chi connectivity index (χ0n) is 8.40. The molecule has 0 aliphatic heterocycles. The molecule has 0 atom stereocenters. The third-order valence-corrected chi connectivity index (χ3v) is 2.00. The molecule has 78 valence electrons. The molecule has 0 unspecified atom stereocenters. The molecule has 0 saturated heterocycles. The molecular formula is C10H12N4O. The Bertz CT molecular complexity index is 435. The number of benzene rings is 1. The molecule has 1 heterocycles. The Morgan fingerprint density at radius 2 is 2.00 bits per heavy atom. The fourth-order valence-corrected chi connectivity index (χ4v) is 1.19. The molecule has 0 saturated carbocycles. The first-order chi connectivity index (χ1) is 7.24. The second-order valence-electron chi connectivity index (χ2n) is 3.28. The Hall–Kier alpha value is -2.04. The molecule has 2 rings (SSSR count). The van der Waals surface area contributed by atoms with Crippen LogP contribution in [0.15, 0.2) is 28.7 Å². The van der Waals surface area contributed by atoms with Crippen LogP contribution in [0.3, 0.4) is 0 Å². The highest BCUT2D eigenvalue weighted by Gasteiger charge is 2.00. The van der Waals surface area contributed by atoms with Gasteiger partial charge in [0.15, 0.2) is 0 Å². The summed E-state index contributed by atoms with van der Waals surface area (Å²) in [6.45, 7) is 2.69. The Kier molecular flexibility index (Phi) is 2.53. The summed E-state index contributed by atoms with van der Waals surface area (Å²) in [6, 6.07) is 8.61. The number of nitrogens with zero attached hydrogens (tertiary/aromatic N) is 2. The van der Waals surface area contributed by atoms with Gasteiger partial charge in [-0.2, -0.15) is 0 Å². The van der Waals surface area contributed by atoms with Crippen molar-refractivity contribution in [1.29, 1.82) is 0 Å². The first kappa shape index (κ1) is 9.51. The van der Waals surface area contributed by atoms with Crippen molar-refractivity contribution in [2.45, 2.75) is 13.5 Å². The van der Waals surface area contributed by atoms with E-state index in [0.29, 0.717) is 12.6 Å². The van der Waals surface area contributed by atoms with Crippen LogP contribution in [0.4, 0.5) is 12.0 Å². The minimum absolute atomic E-state index is 0.0707. The van der Waals surface area contributed by atoms with Gasteiger partial charge in [-0.25, -0.2) is 0 Å². The Balaban J connectivity index is 1.96. The average molecular weight is 204 g/mol. The lowest BCUT2D eigenvalue weighted by molar-refractivity contribution is 0.586. The number of hydrogen-bond acceptors (Lipinski definition) is 5. The van der Waals surface area contributed by atoms with Gasteiger partial charge in [0.05, 0.1) is 0 Å². The molecule has 0 aliphatic carbocycles. The fraction of sp³-hybridized carbons (Fsp3) is 0.200. The number of nitrogens with two attached hydrogens (primary N) is 1. The lowest BCUT2D eigenvalue weighted by Crippen LogP contribution is -1.99. The van der Waals surface area contributed by atoms with Gasteiger partial charge < -0.3 is 15.5 Å². The van der Waals surface area contributed by atoms with E-state index in [0.717, 1.165) is 5.56 Å². The number of hydrogen-bond donors (Lipinski definition) is 2. The van der Waals surface area contributed by atoms with E-state index >= 15 is 0 Å². The van der Waals surface area contributed by atoms with E-state index in [1.807, 2.05) is 12.1 Å². The number of anilines is 2. The highest BCUT2D eigenvalue weighted by Crippen LogP contribution is 2.09. The molecule has 1 aromatic carbocycles. The summed E-state index contributed by atoms with van der Waals surface area (Å²) in [4.78, 5) is 0. The number of aromatic nitrogens is 2. The van der Waals surface area contributed by atoms with Crippen molar-refractivity contribution in [2.75, 3.05) is 11.1 Å². The fourth-order valence-electron chi connectivity index (χ4n) is 1.19. The van der Waals surface area contributed by atoms with E-state index in [-0.39, 0.29) is 6.01 Å². The monoisotopic (exact) mass is 204 g/mol. The van der Waals surface area contributed by atoms with Crippen LogP contribution in [0.1, 0.15) is 11.1 Å². The first-order valence-corrected chi connectivity index (χ1v) is 4.62. The molecule has 2 aromatic rings. The summed E-state index contributed by atoms with van der Waals surface area (Å²) in [5, 5.41) is 10.2. The van der Waals surface area contributed by atoms with Crippen molar-refractivity contribution in [3.8, 4) is 0 Å². The summed E-state index contributed by atoms with van der Waals surface area (Å²) in [6.07, 6.45) is 0. The second kappa shape index (κ2) is 4.00. The van der Waals surface area contributed by atoms with Gasteiger partial charge in [0, 0.05) is 6.54 Å². The smallest absolute Gasteiger partial charge is 0.317 e. The van der Waals surface area contributed by atoms with Crippen LogP contribution in [-0.2, 0) is 6.54 Å². The van der Waals surface area contributed by atoms with Crippen molar-refractivity contribution >= 4 is 12.0 Å². The molecule has 5 heteroatoms. The maximum atomic E-state index is 5.29. The van der Waals surface area contributed by atoms with Crippen LogP contribution < -0.4 is 11.1 Å². The van der Waals surface area contributed by atoms with Gasteiger partial charge >= 0.3 is 12.0 Å². The van der Waals surface area contributed by atoms with Crippen molar-refractivity contribution in [3.05, 3.63) is 35.4 Å². The largest absolute Gasteiger partial charge is 0.390 e. The standard InChI is InChI=1S/C10H12N4O/c1-7-2-4-8(5-3-7)6-12-10-14-13-9(11)15-10/h2-5H,6H2,1H3,(H2,11,13)(H,12,14). The summed E-state index contributed by atoms with van der Waals surface area (Å²) < 4.78 is 4.97. The molecule has 0 spiro atoms. The maximum absolute atomic E-state index is 5.29. The molecular weight excluding hydrogens is 192 g/mol. The Labute approximate surface area is 87.3 Å². The van der Waals surface area contributed by atoms with E-state index < -0.39 is 0 Å². The van der Waals surface area contributed by atoms with Crippen molar-refractivity contribution in [1.82, 2.24) is 10.2 Å². The molecule has 0 fully saturated rings. The zero-order valence-corrected chi connectivity index (χ0v) is 8.40. The third kappa shape index (κ3) is 2.46. The van der Waals surface area contributed by atoms with Crippen LogP contribution >= 0.6 is 0 Å². The van der Waals surface area contributed by atoms with E-state index in [1.54, 1.807) is 0 Å². The zero-order chi connectivity index (χ0) is 10.7. The predicted octanol–water partition coefficient (Wildman–Crippen LogP) is 1.57. The average Bonchev–Trinajstić information content (AvgIpc) is 2.64. The molecule has 5 nitrogen and oxygen atoms in total. The highest BCUT2D eigenvalue weighted by molar-refractivity contribution is 5.27. The van der Waals surface area contributed by atoms with Gasteiger partial charge in [-0.15, -0.1) is 0 Å². The summed E-state index contributed by atoms with van der Waals surface area (Å²) >= 11 is 0. The van der Waals surface area contributed by atoms with Gasteiger partial charge in [-0.1, -0.05) is 40.0 Å². The lowest BCUT2D eigenvalue weighted by atomic mass is 10.1. The molecule has 1 aromatic heterocycles. The van der Waals surface area contributed by atoms with Crippen LogP contribution in [0.25, 0.3) is 0 Å². The van der Waals surface area contributed by atoms with E-state index in [9.17, 15) is 0 Å². The number of nitrogen functional groups attached to an aromatic ring is 1. The molecule has 3 N–H and O–H groups in total. The normalized spacial score (nSPS) is 10.2. The summed E-state index contributed by atoms with van der Waals surface area (Å²) in [7, 11) is 0. The van der Waals surface area contributed by atoms with Gasteiger partial charge in [0.25, 0.3) is 0 Å². The van der Waals surface area contributed by atoms with E-state index in [4.69, 9.17) is 10.2 Å². The van der Waals surface area contributed by atoms with Gasteiger partial charge in [-0.05, 0) is 12.5 Å². The quantitative estimate of drug-likeness (QED) is 0.793. The lowest BCUT2D eigenvalue weighted by Gasteiger charge is -2.01. The highest BCUT2D eigenvalue weighted by atomic mass is 16.4. The SMILES string of the molecule is Cc1ccc(CNc2nnc(N)o2)cc1. The van der Waals surface area contributed by atoms with Gasteiger partial charge in [0.2, 0.25) is 0 Å². The maximum Gasteiger partial charge on any atom is 0.317 e. The number of nitrogens with one attached hydrogen (secondary N) is 1. The molecule has 0 bridgehead atoms. The van der Waals surface area contributed by atoms with E-state index in [1.165, 1.54) is 5.56 Å². The van der Waals surface area contributed by atoms with Crippen molar-refractivity contribution in [2.24, 2.45) is 0 Å². The van der Waals surface area contributed by atoms with Crippen LogP contribution in [0.2, 0.25) is 0 Å². The Morgan fingerprint density at radius 3 is 2.60 bits per heavy atom. The van der Waals surface area contributed by atoms with Crippen LogP contribution in [0, 0.1) is 6.92 Å². The minimum Gasteiger partial charge on any atom is -0.390 e. The van der Waals surface area contributed by atoms with E-state index in [2.05, 4.69) is 34.6 Å². The van der Waals surface area contributed by atoms with Gasteiger partial charge in [-0.3, -0.25) is 0 Å². The van der Waals surface area contributed by atoms with Crippen molar-refractivity contribution in [3.63, 3.8) is 0 Å². The molecule has 0 radical (unpaired) electrons. The summed E-state index contributed by atoms with van der Waals surface area (Å²) in [5.41, 5.74) is 7.67. The Morgan fingerprint density at radius 1 is 1.27 bits per heavy atom. The number of aryl methyl sites for hydroxylation is 1. The number of rotatable bonds is 3. The topological polar surface area (TPSA) is 77.0 Å².